The lowest BCUT2D eigenvalue weighted by Crippen LogP contribution is -2.40. The predicted octanol–water partition coefficient (Wildman–Crippen LogP) is 5.22. The molecular weight excluding hydrogens is 512 g/mol. The normalized spacial score (nSPS) is 14.6. The summed E-state index contributed by atoms with van der Waals surface area (Å²) >= 11 is 0. The van der Waals surface area contributed by atoms with Crippen LogP contribution in [0.2, 0.25) is 0 Å². The van der Waals surface area contributed by atoms with E-state index in [2.05, 4.69) is 34.5 Å². The molecule has 0 spiro atoms. The van der Waals surface area contributed by atoms with Crippen molar-refractivity contribution in [1.82, 2.24) is 14.4 Å². The fourth-order valence-corrected chi connectivity index (χ4v) is 5.61. The van der Waals surface area contributed by atoms with Crippen molar-refractivity contribution in [2.24, 2.45) is 7.05 Å². The topological polar surface area (TPSA) is 74.7 Å². The molecule has 2 heterocycles. The van der Waals surface area contributed by atoms with E-state index in [9.17, 15) is 14.4 Å². The summed E-state index contributed by atoms with van der Waals surface area (Å²) in [6.45, 7) is 1.92. The molecule has 0 aliphatic carbocycles. The Balaban J connectivity index is 1.22. The standard InChI is InChI=1S/C34H36N4O3/c1-36(24-25-10-5-3-6-11-25)32(28-12-7-4-8-13-28)33(40)35-29-18-16-26(17-19-29)27-20-22-38(23-21-27)34(41)30-14-9-15-31(39)37(30)2/h3-19,27,32H,20-24H2,1-2H3,(H,35,40). The van der Waals surface area contributed by atoms with Gasteiger partial charge in [-0.05, 0) is 60.7 Å². The Morgan fingerprint density at radius 1 is 0.854 bits per heavy atom. The smallest absolute Gasteiger partial charge is 0.270 e. The zero-order valence-corrected chi connectivity index (χ0v) is 23.6. The number of benzene rings is 3. The maximum atomic E-state index is 13.6. The lowest BCUT2D eigenvalue weighted by Gasteiger charge is -2.32. The number of piperidine rings is 1. The van der Waals surface area contributed by atoms with Crippen molar-refractivity contribution >= 4 is 17.5 Å². The second-order valence-corrected chi connectivity index (χ2v) is 10.7. The lowest BCUT2D eigenvalue weighted by molar-refractivity contribution is -0.121. The average molecular weight is 549 g/mol. The molecule has 2 amide bonds. The number of nitrogens with one attached hydrogen (secondary N) is 1. The Morgan fingerprint density at radius 2 is 1.49 bits per heavy atom. The van der Waals surface area contributed by atoms with Gasteiger partial charge in [0.2, 0.25) is 5.91 Å². The van der Waals surface area contributed by atoms with Crippen molar-refractivity contribution in [1.29, 1.82) is 0 Å². The van der Waals surface area contributed by atoms with E-state index < -0.39 is 6.04 Å². The van der Waals surface area contributed by atoms with Gasteiger partial charge in [0.15, 0.2) is 0 Å². The van der Waals surface area contributed by atoms with Gasteiger partial charge in [0.25, 0.3) is 11.5 Å². The molecule has 1 aliphatic heterocycles. The number of carbonyl (C=O) groups excluding carboxylic acids is 2. The van der Waals surface area contributed by atoms with Gasteiger partial charge in [-0.15, -0.1) is 0 Å². The third kappa shape index (κ3) is 6.64. The molecule has 7 nitrogen and oxygen atoms in total. The van der Waals surface area contributed by atoms with Crippen molar-refractivity contribution in [3.8, 4) is 0 Å². The Morgan fingerprint density at radius 3 is 2.15 bits per heavy atom. The molecule has 0 bridgehead atoms. The molecule has 41 heavy (non-hydrogen) atoms. The molecule has 1 fully saturated rings. The molecule has 0 radical (unpaired) electrons. The highest BCUT2D eigenvalue weighted by Crippen LogP contribution is 2.30. The summed E-state index contributed by atoms with van der Waals surface area (Å²) in [5.41, 5.74) is 4.27. The quantitative estimate of drug-likeness (QED) is 0.328. The molecular formula is C34H36N4O3. The average Bonchev–Trinajstić information content (AvgIpc) is 3.00. The van der Waals surface area contributed by atoms with E-state index in [1.54, 1.807) is 19.2 Å². The number of anilines is 1. The largest absolute Gasteiger partial charge is 0.337 e. The van der Waals surface area contributed by atoms with Crippen LogP contribution < -0.4 is 10.9 Å². The first-order valence-corrected chi connectivity index (χ1v) is 14.1. The van der Waals surface area contributed by atoms with E-state index >= 15 is 0 Å². The molecule has 5 rings (SSSR count). The number of aromatic nitrogens is 1. The molecule has 1 saturated heterocycles. The molecule has 210 valence electrons. The van der Waals surface area contributed by atoms with Crippen molar-refractivity contribution in [2.45, 2.75) is 31.3 Å². The van der Waals surface area contributed by atoms with E-state index in [0.717, 1.165) is 29.7 Å². The summed E-state index contributed by atoms with van der Waals surface area (Å²) in [5.74, 6) is 0.147. The zero-order chi connectivity index (χ0) is 28.8. The van der Waals surface area contributed by atoms with Crippen molar-refractivity contribution < 1.29 is 9.59 Å². The number of hydrogen-bond donors (Lipinski definition) is 1. The van der Waals surface area contributed by atoms with Crippen LogP contribution in [0, 0.1) is 0 Å². The van der Waals surface area contributed by atoms with Crippen LogP contribution in [-0.2, 0) is 18.4 Å². The number of likely N-dealkylation sites (tertiary alicyclic amines) is 1. The number of amides is 2. The maximum absolute atomic E-state index is 13.6. The first-order valence-electron chi connectivity index (χ1n) is 14.1. The second kappa shape index (κ2) is 12.8. The van der Waals surface area contributed by atoms with Crippen LogP contribution in [0.5, 0.6) is 0 Å². The number of pyridine rings is 1. The Labute approximate surface area is 241 Å². The fraction of sp³-hybridized carbons (Fsp3) is 0.265. The van der Waals surface area contributed by atoms with Crippen molar-refractivity contribution in [3.05, 3.63) is 136 Å². The summed E-state index contributed by atoms with van der Waals surface area (Å²) in [6.07, 6.45) is 1.69. The van der Waals surface area contributed by atoms with Gasteiger partial charge in [-0.3, -0.25) is 19.3 Å². The Hall–Kier alpha value is -4.49. The second-order valence-electron chi connectivity index (χ2n) is 10.7. The highest BCUT2D eigenvalue weighted by molar-refractivity contribution is 5.95. The van der Waals surface area contributed by atoms with E-state index in [-0.39, 0.29) is 17.4 Å². The lowest BCUT2D eigenvalue weighted by atomic mass is 9.89. The molecule has 3 aromatic carbocycles. The fourth-order valence-electron chi connectivity index (χ4n) is 5.61. The first-order chi connectivity index (χ1) is 19.9. The van der Waals surface area contributed by atoms with Gasteiger partial charge in [-0.25, -0.2) is 0 Å². The molecule has 7 heteroatoms. The predicted molar refractivity (Wildman–Crippen MR) is 162 cm³/mol. The van der Waals surface area contributed by atoms with Gasteiger partial charge < -0.3 is 14.8 Å². The molecule has 0 saturated carbocycles. The number of rotatable bonds is 8. The van der Waals surface area contributed by atoms with E-state index in [0.29, 0.717) is 31.2 Å². The molecule has 1 N–H and O–H groups in total. The minimum Gasteiger partial charge on any atom is -0.337 e. The number of carbonyl (C=O) groups is 2. The molecule has 1 atom stereocenters. The van der Waals surface area contributed by atoms with Crippen molar-refractivity contribution in [2.75, 3.05) is 25.5 Å². The van der Waals surface area contributed by atoms with Crippen LogP contribution in [0.25, 0.3) is 0 Å². The molecule has 1 aromatic heterocycles. The summed E-state index contributed by atoms with van der Waals surface area (Å²) in [4.78, 5) is 42.4. The third-order valence-corrected chi connectivity index (χ3v) is 7.91. The van der Waals surface area contributed by atoms with Crippen LogP contribution in [0.1, 0.15) is 52.0 Å². The number of hydrogen-bond acceptors (Lipinski definition) is 4. The zero-order valence-electron chi connectivity index (χ0n) is 23.6. The highest BCUT2D eigenvalue weighted by Gasteiger charge is 2.27. The van der Waals surface area contributed by atoms with Gasteiger partial charge in [0, 0.05) is 38.4 Å². The third-order valence-electron chi connectivity index (χ3n) is 7.91. The van der Waals surface area contributed by atoms with Gasteiger partial charge in [0.05, 0.1) is 0 Å². The summed E-state index contributed by atoms with van der Waals surface area (Å²) in [5, 5.41) is 3.13. The maximum Gasteiger partial charge on any atom is 0.270 e. The first kappa shape index (κ1) is 28.1. The summed E-state index contributed by atoms with van der Waals surface area (Å²) in [6, 6.07) is 32.4. The van der Waals surface area contributed by atoms with Gasteiger partial charge >= 0.3 is 0 Å². The van der Waals surface area contributed by atoms with E-state index in [1.165, 1.54) is 16.2 Å². The van der Waals surface area contributed by atoms with Gasteiger partial charge in [-0.1, -0.05) is 78.9 Å². The highest BCUT2D eigenvalue weighted by atomic mass is 16.2. The Bertz CT molecular complexity index is 1530. The van der Waals surface area contributed by atoms with Gasteiger partial charge in [0.1, 0.15) is 11.7 Å². The molecule has 4 aromatic rings. The number of nitrogens with zero attached hydrogens (tertiary/aromatic N) is 3. The summed E-state index contributed by atoms with van der Waals surface area (Å²) < 4.78 is 1.41. The van der Waals surface area contributed by atoms with E-state index in [4.69, 9.17) is 0 Å². The SMILES string of the molecule is CN(Cc1ccccc1)C(C(=O)Nc1ccc(C2CCN(C(=O)c3cccc(=O)n3C)CC2)cc1)c1ccccc1. The van der Waals surface area contributed by atoms with Crippen LogP contribution in [-0.4, -0.2) is 46.3 Å². The Kier molecular flexibility index (Phi) is 8.75. The van der Waals surface area contributed by atoms with Crippen LogP contribution >= 0.6 is 0 Å². The van der Waals surface area contributed by atoms with Gasteiger partial charge in [-0.2, -0.15) is 0 Å². The monoisotopic (exact) mass is 548 g/mol. The minimum atomic E-state index is -0.443. The van der Waals surface area contributed by atoms with Crippen molar-refractivity contribution in [3.63, 3.8) is 0 Å². The summed E-state index contributed by atoms with van der Waals surface area (Å²) in [7, 11) is 3.61. The van der Waals surface area contributed by atoms with E-state index in [1.807, 2.05) is 72.6 Å². The minimum absolute atomic E-state index is 0.0792. The molecule has 1 unspecified atom stereocenters. The van der Waals surface area contributed by atoms with Crippen LogP contribution in [0.15, 0.2) is 108 Å². The van der Waals surface area contributed by atoms with Crippen LogP contribution in [0.3, 0.4) is 0 Å². The van der Waals surface area contributed by atoms with Crippen LogP contribution in [0.4, 0.5) is 5.69 Å². The number of likely N-dealkylation sites (N-methyl/N-ethyl adjacent to an activating group) is 1. The molecule has 1 aliphatic rings.